The minimum absolute atomic E-state index is 0.139. The number of fused-ring (bicyclic) bond motifs is 3. The summed E-state index contributed by atoms with van der Waals surface area (Å²) >= 11 is 5.91. The number of nitrogens with zero attached hydrogens (tertiary/aromatic N) is 5. The van der Waals surface area contributed by atoms with Crippen LogP contribution in [-0.4, -0.2) is 62.4 Å². The lowest BCUT2D eigenvalue weighted by atomic mass is 9.79. The van der Waals surface area contributed by atoms with E-state index in [0.717, 1.165) is 41.0 Å². The zero-order valence-electron chi connectivity index (χ0n) is 26.1. The van der Waals surface area contributed by atoms with E-state index in [-0.39, 0.29) is 5.15 Å². The van der Waals surface area contributed by atoms with Crippen molar-refractivity contribution in [2.24, 2.45) is 11.8 Å². The highest BCUT2D eigenvalue weighted by Crippen LogP contribution is 2.48. The van der Waals surface area contributed by atoms with E-state index in [0.29, 0.717) is 43.8 Å². The van der Waals surface area contributed by atoms with E-state index in [1.807, 2.05) is 4.52 Å². The van der Waals surface area contributed by atoms with Gasteiger partial charge in [-0.2, -0.15) is 9.61 Å². The molecule has 230 valence electrons. The fraction of sp³-hybridized carbons (Fsp3) is 0.645. The van der Waals surface area contributed by atoms with Gasteiger partial charge in [0.2, 0.25) is 0 Å². The Balaban J connectivity index is 1.52. The van der Waals surface area contributed by atoms with Crippen molar-refractivity contribution in [3.63, 3.8) is 0 Å². The molecule has 0 N–H and O–H groups in total. The molecule has 3 aromatic rings. The molecule has 3 aromatic heterocycles. The molecule has 0 saturated heterocycles. The average molecular weight is 632 g/mol. The second kappa shape index (κ2) is 13.0. The first-order chi connectivity index (χ1) is 19.9. The Morgan fingerprint density at radius 3 is 2.12 bits per heavy atom. The number of rotatable bonds is 13. The molecule has 2 aliphatic carbocycles. The van der Waals surface area contributed by atoms with Crippen LogP contribution in [0.5, 0.6) is 0 Å². The first-order valence-electron chi connectivity index (χ1n) is 15.5. The van der Waals surface area contributed by atoms with Gasteiger partial charge in [-0.15, -0.1) is 0 Å². The molecule has 0 radical (unpaired) electrons. The van der Waals surface area contributed by atoms with E-state index in [9.17, 15) is 4.39 Å². The molecule has 5 rings (SSSR count). The first kappa shape index (κ1) is 31.6. The van der Waals surface area contributed by atoms with E-state index in [1.54, 1.807) is 12.4 Å². The quantitative estimate of drug-likeness (QED) is 0.0818. The normalized spacial score (nSPS) is 20.9. The molecule has 2 saturated carbocycles. The van der Waals surface area contributed by atoms with Gasteiger partial charge in [0.1, 0.15) is 19.3 Å². The van der Waals surface area contributed by atoms with Gasteiger partial charge in [-0.05, 0) is 49.3 Å². The molecule has 7 nitrogen and oxygen atoms in total. The summed E-state index contributed by atoms with van der Waals surface area (Å²) in [6, 6.07) is 5.81. The highest BCUT2D eigenvalue weighted by atomic mass is 35.5. The van der Waals surface area contributed by atoms with Crippen molar-refractivity contribution in [2.75, 3.05) is 31.6 Å². The van der Waals surface area contributed by atoms with Gasteiger partial charge in [0, 0.05) is 64.4 Å². The topological polar surface area (TPSA) is 64.8 Å². The van der Waals surface area contributed by atoms with Crippen LogP contribution in [0.2, 0.25) is 56.5 Å². The van der Waals surface area contributed by atoms with Gasteiger partial charge >= 0.3 is 0 Å². The number of hydrogen-bond acceptors (Lipinski definition) is 6. The van der Waals surface area contributed by atoms with Crippen LogP contribution in [0, 0.1) is 17.7 Å². The lowest BCUT2D eigenvalue weighted by molar-refractivity contribution is 0.0942. The van der Waals surface area contributed by atoms with E-state index in [1.165, 1.54) is 38.2 Å². The van der Waals surface area contributed by atoms with Crippen molar-refractivity contribution in [3.05, 3.63) is 41.2 Å². The van der Waals surface area contributed by atoms with Crippen molar-refractivity contribution in [2.45, 2.75) is 89.4 Å². The molecule has 0 aliphatic heterocycles. The second-order valence-electron chi connectivity index (χ2n) is 14.8. The SMILES string of the molecule is C[Si](C)(C)CCOCN(COCC[Si](C)(C)C)c1cc([C@H]2C[C@@H]3CC[C@@H](C3)C2)nc2c(-c3cnc(Cl)c(F)c3)cnn12. The molecule has 2 aliphatic rings. The van der Waals surface area contributed by atoms with Crippen LogP contribution in [0.4, 0.5) is 10.2 Å². The summed E-state index contributed by atoms with van der Waals surface area (Å²) in [5.41, 5.74) is 3.11. The average Bonchev–Trinajstić information content (AvgIpc) is 3.49. The highest BCUT2D eigenvalue weighted by molar-refractivity contribution is 6.76. The van der Waals surface area contributed by atoms with E-state index in [4.69, 9.17) is 31.2 Å². The lowest BCUT2D eigenvalue weighted by Crippen LogP contribution is -2.33. The van der Waals surface area contributed by atoms with Gasteiger partial charge in [0.15, 0.2) is 16.6 Å². The summed E-state index contributed by atoms with van der Waals surface area (Å²) in [6.07, 6.45) is 9.67. The molecule has 0 spiro atoms. The molecule has 2 fully saturated rings. The molecule has 0 aromatic carbocycles. The van der Waals surface area contributed by atoms with Gasteiger partial charge < -0.3 is 14.4 Å². The molecule has 42 heavy (non-hydrogen) atoms. The Bertz CT molecular complexity index is 1340. The van der Waals surface area contributed by atoms with Crippen molar-refractivity contribution < 1.29 is 13.9 Å². The number of ether oxygens (including phenoxy) is 2. The van der Waals surface area contributed by atoms with Crippen LogP contribution in [0.1, 0.15) is 43.7 Å². The Kier molecular flexibility index (Phi) is 9.78. The number of hydrogen-bond donors (Lipinski definition) is 0. The fourth-order valence-electron chi connectivity index (χ4n) is 6.20. The van der Waals surface area contributed by atoms with Crippen LogP contribution in [0.25, 0.3) is 16.8 Å². The van der Waals surface area contributed by atoms with Crippen molar-refractivity contribution in [1.29, 1.82) is 0 Å². The molecule has 3 atom stereocenters. The maximum atomic E-state index is 14.5. The zero-order chi connectivity index (χ0) is 30.1. The van der Waals surface area contributed by atoms with Crippen LogP contribution in [0.3, 0.4) is 0 Å². The molecular weight excluding hydrogens is 585 g/mol. The summed E-state index contributed by atoms with van der Waals surface area (Å²) in [6.45, 7) is 16.4. The molecule has 2 bridgehead atoms. The number of anilines is 1. The van der Waals surface area contributed by atoms with Crippen molar-refractivity contribution in [1.82, 2.24) is 19.6 Å². The minimum atomic E-state index is -1.23. The third-order valence-corrected chi connectivity index (χ3v) is 12.4. The van der Waals surface area contributed by atoms with Gasteiger partial charge in [-0.25, -0.2) is 14.4 Å². The van der Waals surface area contributed by atoms with E-state index >= 15 is 0 Å². The summed E-state index contributed by atoms with van der Waals surface area (Å²) in [4.78, 5) is 11.4. The number of aromatic nitrogens is 4. The predicted molar refractivity (Wildman–Crippen MR) is 174 cm³/mol. The Morgan fingerprint density at radius 1 is 0.929 bits per heavy atom. The van der Waals surface area contributed by atoms with Gasteiger partial charge in [0.25, 0.3) is 0 Å². The van der Waals surface area contributed by atoms with Crippen LogP contribution in [-0.2, 0) is 9.47 Å². The van der Waals surface area contributed by atoms with Crippen molar-refractivity contribution in [3.8, 4) is 11.1 Å². The van der Waals surface area contributed by atoms with Gasteiger partial charge in [-0.3, -0.25) is 0 Å². The van der Waals surface area contributed by atoms with Crippen LogP contribution < -0.4 is 4.90 Å². The molecule has 11 heteroatoms. The maximum Gasteiger partial charge on any atom is 0.165 e. The molecule has 0 amide bonds. The first-order valence-corrected chi connectivity index (χ1v) is 23.3. The van der Waals surface area contributed by atoms with E-state index < -0.39 is 22.0 Å². The highest BCUT2D eigenvalue weighted by Gasteiger charge is 2.36. The Morgan fingerprint density at radius 2 is 1.55 bits per heavy atom. The third-order valence-electron chi connectivity index (χ3n) is 8.69. The third kappa shape index (κ3) is 7.99. The number of pyridine rings is 1. The standard InChI is InChI=1S/C31H47ClFN5O2Si2/c1-41(2,3)11-9-39-20-37(21-40-10-12-42(4,5)6)29-17-28(24-14-22-7-8-23(13-22)15-24)36-31-26(19-35-38(29)31)25-16-27(33)30(32)34-18-25/h16-19,22-24H,7-15,20-21H2,1-6H3/t22-,23+,24+. The Hall–Kier alpha value is -1.86. The maximum absolute atomic E-state index is 14.5. The smallest absolute Gasteiger partial charge is 0.165 e. The summed E-state index contributed by atoms with van der Waals surface area (Å²) in [5, 5.41) is 4.62. The predicted octanol–water partition coefficient (Wildman–Crippen LogP) is 8.31. The van der Waals surface area contributed by atoms with Gasteiger partial charge in [-0.1, -0.05) is 63.7 Å². The summed E-state index contributed by atoms with van der Waals surface area (Å²) in [7, 11) is -2.46. The molecule has 3 heterocycles. The second-order valence-corrected chi connectivity index (χ2v) is 26.4. The van der Waals surface area contributed by atoms with Crippen LogP contribution in [0.15, 0.2) is 24.5 Å². The summed E-state index contributed by atoms with van der Waals surface area (Å²) < 4.78 is 28.9. The Labute approximate surface area is 257 Å². The fourth-order valence-corrected chi connectivity index (χ4v) is 7.81. The van der Waals surface area contributed by atoms with Crippen molar-refractivity contribution >= 4 is 39.2 Å². The molecular formula is C31H47ClFN5O2Si2. The largest absolute Gasteiger partial charge is 0.361 e. The minimum Gasteiger partial charge on any atom is -0.361 e. The molecule has 0 unspecified atom stereocenters. The van der Waals surface area contributed by atoms with Crippen LogP contribution >= 0.6 is 11.6 Å². The zero-order valence-corrected chi connectivity index (χ0v) is 28.9. The monoisotopic (exact) mass is 631 g/mol. The van der Waals surface area contributed by atoms with Gasteiger partial charge in [0.05, 0.1) is 6.20 Å². The summed E-state index contributed by atoms with van der Waals surface area (Å²) in [5.74, 6) is 2.29. The lowest BCUT2D eigenvalue weighted by Gasteiger charge is -2.30. The van der Waals surface area contributed by atoms with E-state index in [2.05, 4.69) is 55.2 Å². The number of halogens is 2.